The fraction of sp³-hybridized carbons (Fsp3) is 0. The van der Waals surface area contributed by atoms with Crippen molar-refractivity contribution in [1.29, 1.82) is 0 Å². The van der Waals surface area contributed by atoms with Gasteiger partial charge in [-0.3, -0.25) is 10.1 Å². The first-order valence-corrected chi connectivity index (χ1v) is 5.42. The SMILES string of the molecule is O=[N+]([O-])c1c(F)cccc1Oc1ccc(F)cc1Cl. The second kappa shape index (κ2) is 5.19. The maximum Gasteiger partial charge on any atom is 0.346 e. The average molecular weight is 286 g/mol. The molecule has 98 valence electrons. The van der Waals surface area contributed by atoms with E-state index in [2.05, 4.69) is 0 Å². The highest BCUT2D eigenvalue weighted by atomic mass is 35.5. The molecule has 0 heterocycles. The van der Waals surface area contributed by atoms with Crippen LogP contribution in [0.3, 0.4) is 0 Å². The summed E-state index contributed by atoms with van der Waals surface area (Å²) in [7, 11) is 0. The summed E-state index contributed by atoms with van der Waals surface area (Å²) >= 11 is 5.72. The van der Waals surface area contributed by atoms with Crippen LogP contribution in [0.1, 0.15) is 0 Å². The number of nitro benzene ring substituents is 1. The highest BCUT2D eigenvalue weighted by molar-refractivity contribution is 6.32. The number of nitro groups is 1. The Labute approximate surface area is 111 Å². The maximum atomic E-state index is 13.4. The average Bonchev–Trinajstić information content (AvgIpc) is 2.32. The van der Waals surface area contributed by atoms with Gasteiger partial charge in [0.05, 0.1) is 9.95 Å². The molecular weight excluding hydrogens is 280 g/mol. The van der Waals surface area contributed by atoms with E-state index in [0.717, 1.165) is 18.2 Å². The lowest BCUT2D eigenvalue weighted by Crippen LogP contribution is -1.97. The van der Waals surface area contributed by atoms with Crippen LogP contribution in [0.5, 0.6) is 11.5 Å². The van der Waals surface area contributed by atoms with E-state index in [0.29, 0.717) is 0 Å². The van der Waals surface area contributed by atoms with Gasteiger partial charge in [0, 0.05) is 0 Å². The summed E-state index contributed by atoms with van der Waals surface area (Å²) in [5, 5.41) is 10.7. The quantitative estimate of drug-likeness (QED) is 0.623. The van der Waals surface area contributed by atoms with E-state index in [1.165, 1.54) is 18.2 Å². The van der Waals surface area contributed by atoms with Gasteiger partial charge in [-0.25, -0.2) is 4.39 Å². The Kier molecular flexibility index (Phi) is 3.62. The standard InChI is InChI=1S/C12H6ClF2NO3/c13-8-6-7(14)4-5-10(8)19-11-3-1-2-9(15)12(11)16(17)18/h1-6H. The molecule has 0 aliphatic carbocycles. The van der Waals surface area contributed by atoms with Crippen LogP contribution in [-0.2, 0) is 0 Å². The van der Waals surface area contributed by atoms with E-state index in [1.54, 1.807) is 0 Å². The molecule has 2 aromatic carbocycles. The van der Waals surface area contributed by atoms with E-state index in [4.69, 9.17) is 16.3 Å². The first-order valence-electron chi connectivity index (χ1n) is 5.05. The molecular formula is C12H6ClF2NO3. The van der Waals surface area contributed by atoms with Crippen molar-refractivity contribution in [3.8, 4) is 11.5 Å². The van der Waals surface area contributed by atoms with E-state index in [9.17, 15) is 18.9 Å². The Morgan fingerprint density at radius 3 is 2.53 bits per heavy atom. The van der Waals surface area contributed by atoms with Crippen LogP contribution in [0.25, 0.3) is 0 Å². The topological polar surface area (TPSA) is 52.4 Å². The summed E-state index contributed by atoms with van der Waals surface area (Å²) in [4.78, 5) is 9.86. The normalized spacial score (nSPS) is 10.3. The second-order valence-corrected chi connectivity index (χ2v) is 3.93. The van der Waals surface area contributed by atoms with Crippen molar-refractivity contribution in [3.05, 3.63) is 63.2 Å². The molecule has 19 heavy (non-hydrogen) atoms. The summed E-state index contributed by atoms with van der Waals surface area (Å²) < 4.78 is 31.4. The van der Waals surface area contributed by atoms with E-state index in [1.807, 2.05) is 0 Å². The fourth-order valence-corrected chi connectivity index (χ4v) is 1.64. The van der Waals surface area contributed by atoms with Gasteiger partial charge in [-0.1, -0.05) is 17.7 Å². The summed E-state index contributed by atoms with van der Waals surface area (Å²) in [5.41, 5.74) is -0.803. The minimum Gasteiger partial charge on any atom is -0.448 e. The Hall–Kier alpha value is -2.21. The molecule has 2 rings (SSSR count). The first kappa shape index (κ1) is 13.2. The number of halogens is 3. The zero-order valence-electron chi connectivity index (χ0n) is 9.27. The Balaban J connectivity index is 2.44. The van der Waals surface area contributed by atoms with Gasteiger partial charge in [0.15, 0.2) is 0 Å². The molecule has 0 radical (unpaired) electrons. The molecule has 0 atom stereocenters. The smallest absolute Gasteiger partial charge is 0.346 e. The lowest BCUT2D eigenvalue weighted by molar-refractivity contribution is -0.388. The fourth-order valence-electron chi connectivity index (χ4n) is 1.43. The molecule has 0 fully saturated rings. The minimum atomic E-state index is -1.03. The number of rotatable bonds is 3. The van der Waals surface area contributed by atoms with Crippen LogP contribution < -0.4 is 4.74 Å². The van der Waals surface area contributed by atoms with Gasteiger partial charge >= 0.3 is 5.69 Å². The molecule has 0 N–H and O–H groups in total. The van der Waals surface area contributed by atoms with Crippen LogP contribution in [0.2, 0.25) is 5.02 Å². The first-order chi connectivity index (χ1) is 8.99. The number of hydrogen-bond acceptors (Lipinski definition) is 3. The number of nitrogens with zero attached hydrogens (tertiary/aromatic N) is 1. The van der Waals surface area contributed by atoms with Crippen LogP contribution >= 0.6 is 11.6 Å². The van der Waals surface area contributed by atoms with Crippen molar-refractivity contribution in [3.63, 3.8) is 0 Å². The van der Waals surface area contributed by atoms with E-state index >= 15 is 0 Å². The molecule has 0 bridgehead atoms. The molecule has 0 amide bonds. The van der Waals surface area contributed by atoms with Gasteiger partial charge in [0.1, 0.15) is 11.6 Å². The van der Waals surface area contributed by atoms with E-state index in [-0.39, 0.29) is 16.5 Å². The molecule has 0 aliphatic heterocycles. The molecule has 0 spiro atoms. The van der Waals surface area contributed by atoms with Crippen molar-refractivity contribution < 1.29 is 18.4 Å². The molecule has 4 nitrogen and oxygen atoms in total. The highest BCUT2D eigenvalue weighted by Crippen LogP contribution is 2.36. The summed E-state index contributed by atoms with van der Waals surface area (Å²) in [6.07, 6.45) is 0. The largest absolute Gasteiger partial charge is 0.448 e. The lowest BCUT2D eigenvalue weighted by atomic mass is 10.2. The third kappa shape index (κ3) is 2.79. The third-order valence-electron chi connectivity index (χ3n) is 2.25. The van der Waals surface area contributed by atoms with Crippen molar-refractivity contribution in [2.45, 2.75) is 0 Å². The van der Waals surface area contributed by atoms with Gasteiger partial charge in [-0.05, 0) is 30.3 Å². The van der Waals surface area contributed by atoms with Gasteiger partial charge in [-0.2, -0.15) is 4.39 Å². The number of ether oxygens (including phenoxy) is 1. The van der Waals surface area contributed by atoms with Crippen LogP contribution in [0.15, 0.2) is 36.4 Å². The Morgan fingerprint density at radius 2 is 1.89 bits per heavy atom. The summed E-state index contributed by atoms with van der Waals surface area (Å²) in [6.45, 7) is 0. The number of benzene rings is 2. The van der Waals surface area contributed by atoms with Gasteiger partial charge in [0.2, 0.25) is 11.6 Å². The van der Waals surface area contributed by atoms with Crippen molar-refractivity contribution in [1.82, 2.24) is 0 Å². The predicted molar refractivity (Wildman–Crippen MR) is 64.5 cm³/mol. The number of hydrogen-bond donors (Lipinski definition) is 0. The molecule has 7 heteroatoms. The van der Waals surface area contributed by atoms with Crippen LogP contribution in [-0.4, -0.2) is 4.92 Å². The maximum absolute atomic E-state index is 13.4. The molecule has 0 saturated heterocycles. The van der Waals surface area contributed by atoms with Crippen LogP contribution in [0.4, 0.5) is 14.5 Å². The van der Waals surface area contributed by atoms with Gasteiger partial charge < -0.3 is 4.74 Å². The van der Waals surface area contributed by atoms with Crippen molar-refractivity contribution >= 4 is 17.3 Å². The third-order valence-corrected chi connectivity index (χ3v) is 2.54. The Bertz CT molecular complexity index is 649. The van der Waals surface area contributed by atoms with Crippen LogP contribution in [0, 0.1) is 21.7 Å². The molecule has 0 saturated carbocycles. The molecule has 0 aliphatic rings. The molecule has 0 aromatic heterocycles. The molecule has 2 aromatic rings. The van der Waals surface area contributed by atoms with Gasteiger partial charge in [0.25, 0.3) is 0 Å². The van der Waals surface area contributed by atoms with Crippen molar-refractivity contribution in [2.75, 3.05) is 0 Å². The second-order valence-electron chi connectivity index (χ2n) is 3.52. The molecule has 0 unspecified atom stereocenters. The Morgan fingerprint density at radius 1 is 1.16 bits per heavy atom. The summed E-state index contributed by atoms with van der Waals surface area (Å²) in [5.74, 6) is -1.91. The highest BCUT2D eigenvalue weighted by Gasteiger charge is 2.22. The zero-order valence-corrected chi connectivity index (χ0v) is 10.0. The van der Waals surface area contributed by atoms with Gasteiger partial charge in [-0.15, -0.1) is 0 Å². The predicted octanol–water partition coefficient (Wildman–Crippen LogP) is 4.32. The minimum absolute atomic E-state index is 0.00299. The lowest BCUT2D eigenvalue weighted by Gasteiger charge is -2.08. The number of para-hydroxylation sites is 1. The summed E-state index contributed by atoms with van der Waals surface area (Å²) in [6, 6.07) is 6.69. The van der Waals surface area contributed by atoms with E-state index < -0.39 is 22.2 Å². The zero-order chi connectivity index (χ0) is 14.0. The monoisotopic (exact) mass is 285 g/mol. The van der Waals surface area contributed by atoms with Crippen molar-refractivity contribution in [2.24, 2.45) is 0 Å².